The molecule has 0 aromatic heterocycles. The Bertz CT molecular complexity index is 858. The lowest BCUT2D eigenvalue weighted by molar-refractivity contribution is -0.534. The van der Waals surface area contributed by atoms with Crippen LogP contribution in [0.1, 0.15) is 27.5 Å². The van der Waals surface area contributed by atoms with Crippen LogP contribution in [0, 0.1) is 17.0 Å². The van der Waals surface area contributed by atoms with Gasteiger partial charge in [0.15, 0.2) is 6.04 Å². The fourth-order valence-electron chi connectivity index (χ4n) is 3.24. The van der Waals surface area contributed by atoms with Crippen molar-refractivity contribution in [3.63, 3.8) is 0 Å². The SMILES string of the molecule is Cc1cccc(C(=O)N2N[C@@H](C(F)(F)F)[C@H]([N+](=O)[O-])[C@@H]2c2ccccc2)c1. The van der Waals surface area contributed by atoms with E-state index >= 15 is 0 Å². The highest BCUT2D eigenvalue weighted by Crippen LogP contribution is 2.39. The summed E-state index contributed by atoms with van der Waals surface area (Å²) < 4.78 is 40.4. The Morgan fingerprint density at radius 1 is 1.15 bits per heavy atom. The molecule has 0 aliphatic carbocycles. The number of nitrogens with one attached hydrogen (secondary N) is 1. The lowest BCUT2D eigenvalue weighted by Crippen LogP contribution is -2.49. The molecule has 2 aromatic rings. The second-order valence-corrected chi connectivity index (χ2v) is 6.32. The number of aryl methyl sites for hydroxylation is 1. The van der Waals surface area contributed by atoms with Crippen molar-refractivity contribution < 1.29 is 22.9 Å². The van der Waals surface area contributed by atoms with Gasteiger partial charge in [-0.15, -0.1) is 0 Å². The zero-order valence-corrected chi connectivity index (χ0v) is 14.2. The van der Waals surface area contributed by atoms with Crippen molar-refractivity contribution in [1.29, 1.82) is 0 Å². The summed E-state index contributed by atoms with van der Waals surface area (Å²) in [6.07, 6.45) is -4.90. The highest BCUT2D eigenvalue weighted by atomic mass is 19.4. The van der Waals surface area contributed by atoms with E-state index in [1.54, 1.807) is 37.3 Å². The van der Waals surface area contributed by atoms with Crippen LogP contribution in [0.3, 0.4) is 0 Å². The minimum absolute atomic E-state index is 0.147. The molecule has 0 saturated carbocycles. The Morgan fingerprint density at radius 2 is 1.81 bits per heavy atom. The van der Waals surface area contributed by atoms with E-state index in [1.165, 1.54) is 24.3 Å². The molecular weight excluding hydrogens is 363 g/mol. The lowest BCUT2D eigenvalue weighted by atomic mass is 9.95. The predicted molar refractivity (Wildman–Crippen MR) is 90.3 cm³/mol. The van der Waals surface area contributed by atoms with E-state index in [0.717, 1.165) is 10.6 Å². The molecule has 27 heavy (non-hydrogen) atoms. The van der Waals surface area contributed by atoms with Gasteiger partial charge in [0, 0.05) is 10.5 Å². The molecule has 0 unspecified atom stereocenters. The first-order chi connectivity index (χ1) is 12.7. The maximum absolute atomic E-state index is 13.5. The first-order valence-electron chi connectivity index (χ1n) is 8.11. The number of carbonyl (C=O) groups excluding carboxylic acids is 1. The fourth-order valence-corrected chi connectivity index (χ4v) is 3.24. The van der Waals surface area contributed by atoms with Gasteiger partial charge in [-0.05, 0) is 24.6 Å². The van der Waals surface area contributed by atoms with Gasteiger partial charge < -0.3 is 0 Å². The molecule has 0 bridgehead atoms. The fraction of sp³-hybridized carbons (Fsp3) is 0.278. The zero-order valence-electron chi connectivity index (χ0n) is 14.2. The average Bonchev–Trinajstić information content (AvgIpc) is 3.03. The molecule has 6 nitrogen and oxygen atoms in total. The first kappa shape index (κ1) is 18.8. The summed E-state index contributed by atoms with van der Waals surface area (Å²) in [5.74, 6) is -0.758. The van der Waals surface area contributed by atoms with Crippen LogP contribution < -0.4 is 5.43 Å². The number of rotatable bonds is 3. The molecule has 1 fully saturated rings. The molecule has 0 radical (unpaired) electrons. The molecule has 3 rings (SSSR count). The van der Waals surface area contributed by atoms with Gasteiger partial charge in [0.2, 0.25) is 0 Å². The number of nitrogens with zero attached hydrogens (tertiary/aromatic N) is 2. The summed E-state index contributed by atoms with van der Waals surface area (Å²) in [5.41, 5.74) is 3.19. The third kappa shape index (κ3) is 3.63. The van der Waals surface area contributed by atoms with E-state index in [1.807, 2.05) is 5.43 Å². The number of benzene rings is 2. The second kappa shape index (κ2) is 6.99. The van der Waals surface area contributed by atoms with Gasteiger partial charge in [-0.3, -0.25) is 19.9 Å². The van der Waals surface area contributed by atoms with E-state index in [4.69, 9.17) is 0 Å². The number of hydrogen-bond acceptors (Lipinski definition) is 4. The number of alkyl halides is 3. The third-order valence-corrected chi connectivity index (χ3v) is 4.44. The van der Waals surface area contributed by atoms with Crippen molar-refractivity contribution in [3.8, 4) is 0 Å². The average molecular weight is 379 g/mol. The molecule has 2 aromatic carbocycles. The highest BCUT2D eigenvalue weighted by Gasteiger charge is 2.62. The predicted octanol–water partition coefficient (Wildman–Crippen LogP) is 3.27. The standard InChI is InChI=1S/C18H16F3N3O3/c1-11-6-5-9-13(10-11)17(25)23-14(12-7-3-2-4-8-12)15(24(26)27)16(22-23)18(19,20)21/h2-10,14-16,22H,1H3/t14-,15+,16+/m0/s1. The summed E-state index contributed by atoms with van der Waals surface area (Å²) in [4.78, 5) is 23.4. The smallest absolute Gasteiger partial charge is 0.268 e. The maximum atomic E-state index is 13.5. The monoisotopic (exact) mass is 379 g/mol. The first-order valence-corrected chi connectivity index (χ1v) is 8.11. The van der Waals surface area contributed by atoms with Gasteiger partial charge in [0.05, 0.1) is 0 Å². The van der Waals surface area contributed by atoms with Gasteiger partial charge in [-0.1, -0.05) is 48.0 Å². The van der Waals surface area contributed by atoms with Crippen LogP contribution in [-0.4, -0.2) is 34.1 Å². The molecule has 1 N–H and O–H groups in total. The Morgan fingerprint density at radius 3 is 2.37 bits per heavy atom. The van der Waals surface area contributed by atoms with E-state index < -0.39 is 35.1 Å². The number of carbonyl (C=O) groups is 1. The van der Waals surface area contributed by atoms with Crippen molar-refractivity contribution in [2.45, 2.75) is 31.2 Å². The summed E-state index contributed by atoms with van der Waals surface area (Å²) in [6, 6.07) is 8.06. The van der Waals surface area contributed by atoms with Gasteiger partial charge in [0.25, 0.3) is 11.9 Å². The Labute approximate surface area is 152 Å². The van der Waals surface area contributed by atoms with Gasteiger partial charge in [0.1, 0.15) is 6.04 Å². The summed E-state index contributed by atoms with van der Waals surface area (Å²) in [6.45, 7) is 1.74. The van der Waals surface area contributed by atoms with E-state index in [9.17, 15) is 28.1 Å². The number of amides is 1. The van der Waals surface area contributed by atoms with Crippen LogP contribution in [0.4, 0.5) is 13.2 Å². The number of nitro groups is 1. The Hall–Kier alpha value is -2.94. The molecule has 9 heteroatoms. The largest absolute Gasteiger partial charge is 0.412 e. The van der Waals surface area contributed by atoms with E-state index in [2.05, 4.69) is 0 Å². The maximum Gasteiger partial charge on any atom is 0.412 e. The Kier molecular flexibility index (Phi) is 4.88. The van der Waals surface area contributed by atoms with E-state index in [0.29, 0.717) is 0 Å². The molecule has 1 saturated heterocycles. The van der Waals surface area contributed by atoms with Crippen molar-refractivity contribution >= 4 is 5.91 Å². The quantitative estimate of drug-likeness (QED) is 0.656. The zero-order chi connectivity index (χ0) is 19.8. The summed E-state index contributed by atoms with van der Waals surface area (Å²) in [5, 5.41) is 12.3. The van der Waals surface area contributed by atoms with Crippen LogP contribution in [0.15, 0.2) is 54.6 Å². The molecule has 1 aliphatic heterocycles. The minimum atomic E-state index is -4.90. The summed E-state index contributed by atoms with van der Waals surface area (Å²) in [7, 11) is 0. The number of hydrogen-bond donors (Lipinski definition) is 1. The van der Waals surface area contributed by atoms with Crippen molar-refractivity contribution in [2.24, 2.45) is 0 Å². The second-order valence-electron chi connectivity index (χ2n) is 6.32. The van der Waals surface area contributed by atoms with Crippen LogP contribution in [-0.2, 0) is 0 Å². The van der Waals surface area contributed by atoms with Gasteiger partial charge in [-0.2, -0.15) is 13.2 Å². The van der Waals surface area contributed by atoms with Gasteiger partial charge in [-0.25, -0.2) is 5.43 Å². The third-order valence-electron chi connectivity index (χ3n) is 4.44. The molecule has 1 aliphatic rings. The minimum Gasteiger partial charge on any atom is -0.268 e. The normalized spacial score (nSPS) is 22.7. The molecule has 142 valence electrons. The van der Waals surface area contributed by atoms with Crippen LogP contribution in [0.5, 0.6) is 0 Å². The Balaban J connectivity index is 2.09. The topological polar surface area (TPSA) is 75.5 Å². The number of hydrazine groups is 1. The van der Waals surface area contributed by atoms with Crippen molar-refractivity contribution in [1.82, 2.24) is 10.4 Å². The molecule has 3 atom stereocenters. The lowest BCUT2D eigenvalue weighted by Gasteiger charge is -2.24. The number of halogens is 3. The van der Waals surface area contributed by atoms with Gasteiger partial charge >= 0.3 is 6.18 Å². The van der Waals surface area contributed by atoms with Crippen LogP contribution in [0.2, 0.25) is 0 Å². The molecule has 1 heterocycles. The van der Waals surface area contributed by atoms with Crippen LogP contribution in [0.25, 0.3) is 0 Å². The summed E-state index contributed by atoms with van der Waals surface area (Å²) >= 11 is 0. The van der Waals surface area contributed by atoms with Crippen molar-refractivity contribution in [2.75, 3.05) is 0 Å². The van der Waals surface area contributed by atoms with Crippen LogP contribution >= 0.6 is 0 Å². The highest BCUT2D eigenvalue weighted by molar-refractivity contribution is 5.94. The van der Waals surface area contributed by atoms with Crippen molar-refractivity contribution in [3.05, 3.63) is 81.4 Å². The molecule has 1 amide bonds. The molecule has 0 spiro atoms. The van der Waals surface area contributed by atoms with E-state index in [-0.39, 0.29) is 11.1 Å². The molecular formula is C18H16F3N3O3.